The minimum absolute atomic E-state index is 0.0617. The summed E-state index contributed by atoms with van der Waals surface area (Å²) in [5.41, 5.74) is 3.65. The van der Waals surface area contributed by atoms with Crippen LogP contribution in [-0.2, 0) is 25.5 Å². The van der Waals surface area contributed by atoms with Crippen LogP contribution in [0.3, 0.4) is 0 Å². The molecule has 0 aliphatic rings. The van der Waals surface area contributed by atoms with Gasteiger partial charge < -0.3 is 14.6 Å². The zero-order valence-corrected chi connectivity index (χ0v) is 25.0. The van der Waals surface area contributed by atoms with Gasteiger partial charge in [0.1, 0.15) is 19.0 Å². The summed E-state index contributed by atoms with van der Waals surface area (Å²) in [7, 11) is 0. The normalized spacial score (nSPS) is 12.0. The van der Waals surface area contributed by atoms with Gasteiger partial charge in [-0.2, -0.15) is 0 Å². The van der Waals surface area contributed by atoms with E-state index in [1.165, 1.54) is 38.7 Å². The van der Waals surface area contributed by atoms with Crippen LogP contribution in [0.1, 0.15) is 64.0 Å². The lowest BCUT2D eigenvalue weighted by atomic mass is 9.95. The number of ether oxygens (including phenoxy) is 2. The first-order chi connectivity index (χ1) is 19.9. The lowest BCUT2D eigenvalue weighted by molar-refractivity contribution is -0.143. The molecule has 5 nitrogen and oxygen atoms in total. The lowest BCUT2D eigenvalue weighted by Crippen LogP contribution is -2.29. The van der Waals surface area contributed by atoms with E-state index in [0.29, 0.717) is 11.1 Å². The van der Waals surface area contributed by atoms with Crippen LogP contribution in [0.2, 0.25) is 0 Å². The van der Waals surface area contributed by atoms with Crippen LogP contribution < -0.4 is 0 Å². The smallest absolute Gasteiger partial charge is 0.336 e. The molecule has 0 fully saturated rings. The molecule has 6 heteroatoms. The van der Waals surface area contributed by atoms with Crippen molar-refractivity contribution in [2.45, 2.75) is 64.9 Å². The van der Waals surface area contributed by atoms with Gasteiger partial charge in [0.2, 0.25) is 0 Å². The Morgan fingerprint density at radius 2 is 1.43 bits per heavy atom. The van der Waals surface area contributed by atoms with E-state index in [2.05, 4.69) is 32.2 Å². The molecule has 0 radical (unpaired) electrons. The van der Waals surface area contributed by atoms with Gasteiger partial charge in [-0.1, -0.05) is 93.6 Å². The number of halogens is 1. The van der Waals surface area contributed by atoms with Crippen molar-refractivity contribution in [3.05, 3.63) is 108 Å². The second-order valence-corrected chi connectivity index (χ2v) is 11.2. The number of rotatable bonds is 14. The molecule has 0 saturated carbocycles. The average Bonchev–Trinajstić information content (AvgIpc) is 2.96. The molecule has 3 aromatic carbocycles. The van der Waals surface area contributed by atoms with Crippen molar-refractivity contribution in [1.29, 1.82) is 0 Å². The quantitative estimate of drug-likeness (QED) is 0.121. The number of aliphatic hydroxyl groups is 1. The van der Waals surface area contributed by atoms with Crippen molar-refractivity contribution in [2.75, 3.05) is 13.2 Å². The maximum atomic E-state index is 15.3. The lowest BCUT2D eigenvalue weighted by Gasteiger charge is -2.22. The fourth-order valence-corrected chi connectivity index (χ4v) is 4.36. The molecule has 1 atom stereocenters. The molecule has 0 aliphatic carbocycles. The number of esters is 2. The van der Waals surface area contributed by atoms with E-state index in [9.17, 15) is 14.7 Å². The molecule has 0 saturated heterocycles. The molecule has 0 heterocycles. The minimum Gasteiger partial charge on any atom is -0.462 e. The van der Waals surface area contributed by atoms with Crippen LogP contribution in [0.25, 0.3) is 22.3 Å². The van der Waals surface area contributed by atoms with Gasteiger partial charge in [0.15, 0.2) is 0 Å². The van der Waals surface area contributed by atoms with Gasteiger partial charge in [0, 0.05) is 11.1 Å². The van der Waals surface area contributed by atoms with Gasteiger partial charge in [-0.25, -0.2) is 14.0 Å². The van der Waals surface area contributed by atoms with Gasteiger partial charge in [-0.3, -0.25) is 0 Å². The number of unbranched alkanes of at least 4 members (excludes halogenated alkanes) is 2. The molecule has 0 bridgehead atoms. The summed E-state index contributed by atoms with van der Waals surface area (Å²) in [6, 6.07) is 20.7. The zero-order valence-electron chi connectivity index (χ0n) is 25.0. The maximum Gasteiger partial charge on any atom is 0.336 e. The Morgan fingerprint density at radius 1 is 0.857 bits per heavy atom. The van der Waals surface area contributed by atoms with Crippen LogP contribution >= 0.6 is 0 Å². The van der Waals surface area contributed by atoms with Gasteiger partial charge in [0.25, 0.3) is 0 Å². The topological polar surface area (TPSA) is 72.8 Å². The number of benzene rings is 3. The molecule has 3 aromatic rings. The van der Waals surface area contributed by atoms with Crippen molar-refractivity contribution in [3.8, 4) is 22.3 Å². The Morgan fingerprint density at radius 3 is 1.98 bits per heavy atom. The Kier molecular flexibility index (Phi) is 11.4. The first-order valence-electron chi connectivity index (χ1n) is 14.3. The molecule has 42 heavy (non-hydrogen) atoms. The molecule has 1 N–H and O–H groups in total. The average molecular weight is 573 g/mol. The van der Waals surface area contributed by atoms with Crippen LogP contribution in [0.4, 0.5) is 4.39 Å². The molecular weight excluding hydrogens is 531 g/mol. The molecule has 3 rings (SSSR count). The summed E-state index contributed by atoms with van der Waals surface area (Å²) in [5.74, 6) is -2.14. The third-order valence-corrected chi connectivity index (χ3v) is 7.18. The highest BCUT2D eigenvalue weighted by atomic mass is 19.1. The summed E-state index contributed by atoms with van der Waals surface area (Å²) in [5, 5.41) is 10.1. The summed E-state index contributed by atoms with van der Waals surface area (Å²) in [4.78, 5) is 24.4. The highest BCUT2D eigenvalue weighted by molar-refractivity contribution is 5.89. The van der Waals surface area contributed by atoms with Gasteiger partial charge in [-0.05, 0) is 67.5 Å². The molecule has 1 unspecified atom stereocenters. The monoisotopic (exact) mass is 572 g/mol. The number of carbonyl (C=O) groups excluding carboxylic acids is 2. The largest absolute Gasteiger partial charge is 0.462 e. The first kappa shape index (κ1) is 32.5. The Balaban J connectivity index is 1.76. The molecule has 0 aliphatic heterocycles. The molecule has 0 amide bonds. The highest BCUT2D eigenvalue weighted by Crippen LogP contribution is 2.30. The van der Waals surface area contributed by atoms with Crippen LogP contribution in [0, 0.1) is 5.82 Å². The van der Waals surface area contributed by atoms with E-state index < -0.39 is 23.5 Å². The van der Waals surface area contributed by atoms with E-state index in [1.54, 1.807) is 43.3 Å². The first-order valence-corrected chi connectivity index (χ1v) is 14.3. The second kappa shape index (κ2) is 14.7. The summed E-state index contributed by atoms with van der Waals surface area (Å²) < 4.78 is 26.0. The molecular formula is C36H41FO5. The summed E-state index contributed by atoms with van der Waals surface area (Å²) >= 11 is 0. The van der Waals surface area contributed by atoms with Gasteiger partial charge in [-0.15, -0.1) is 0 Å². The van der Waals surface area contributed by atoms with E-state index in [4.69, 9.17) is 9.47 Å². The maximum absolute atomic E-state index is 15.3. The molecule has 222 valence electrons. The fraction of sp³-hybridized carbons (Fsp3) is 0.333. The van der Waals surface area contributed by atoms with Crippen LogP contribution in [0.15, 0.2) is 91.0 Å². The van der Waals surface area contributed by atoms with Crippen LogP contribution in [-0.4, -0.2) is 35.9 Å². The third-order valence-electron chi connectivity index (χ3n) is 7.18. The van der Waals surface area contributed by atoms with Gasteiger partial charge >= 0.3 is 11.9 Å². The van der Waals surface area contributed by atoms with Crippen LogP contribution in [0.5, 0.6) is 0 Å². The fourth-order valence-electron chi connectivity index (χ4n) is 4.36. The number of aryl methyl sites for hydroxylation is 1. The minimum atomic E-state index is -1.43. The third kappa shape index (κ3) is 8.98. The van der Waals surface area contributed by atoms with E-state index in [0.717, 1.165) is 23.1 Å². The zero-order chi connectivity index (χ0) is 30.9. The Labute approximate surface area is 248 Å². The summed E-state index contributed by atoms with van der Waals surface area (Å²) in [6.45, 7) is 13.6. The van der Waals surface area contributed by atoms with E-state index in [-0.39, 0.29) is 30.2 Å². The van der Waals surface area contributed by atoms with Crippen molar-refractivity contribution in [3.63, 3.8) is 0 Å². The predicted molar refractivity (Wildman–Crippen MR) is 165 cm³/mol. The second-order valence-electron chi connectivity index (χ2n) is 11.2. The number of carbonyl (C=O) groups is 2. The Bertz CT molecular complexity index is 1400. The van der Waals surface area contributed by atoms with Crippen molar-refractivity contribution < 1.29 is 28.6 Å². The Hall–Kier alpha value is -4.03. The molecule has 0 aromatic heterocycles. The van der Waals surface area contributed by atoms with Gasteiger partial charge in [0.05, 0.1) is 17.1 Å². The highest BCUT2D eigenvalue weighted by Gasteiger charge is 2.26. The summed E-state index contributed by atoms with van der Waals surface area (Å²) in [6.07, 6.45) is 4.62. The SMILES string of the molecule is C=C(C)C(=O)OCC(COC(=O)C(=C)C(C)(C)O)c1ccc(-c2ccc(-c3ccc(CCCCC)cc3)cc2F)cc1. The predicted octanol–water partition coefficient (Wildman–Crippen LogP) is 7.97. The molecule has 0 spiro atoms. The van der Waals surface area contributed by atoms with Crippen molar-refractivity contribution >= 4 is 11.9 Å². The number of hydrogen-bond donors (Lipinski definition) is 1. The van der Waals surface area contributed by atoms with Crippen molar-refractivity contribution in [2.24, 2.45) is 0 Å². The van der Waals surface area contributed by atoms with Crippen molar-refractivity contribution in [1.82, 2.24) is 0 Å². The standard InChI is InChI=1S/C36H41FO5/c1-7-8-9-10-26-11-13-27(14-12-26)30-19-20-32(33(37)21-30)29-17-15-28(16-18-29)31(22-41-34(38)24(2)3)23-42-35(39)25(4)36(5,6)40/h11-21,31,40H,2,4,7-10,22-23H2,1,3,5-6H3. The number of hydrogen-bond acceptors (Lipinski definition) is 5. The van der Waals surface area contributed by atoms with E-state index >= 15 is 4.39 Å². The van der Waals surface area contributed by atoms with E-state index in [1.807, 2.05) is 18.2 Å².